The minimum atomic E-state index is -1.69. The van der Waals surface area contributed by atoms with Crippen molar-refractivity contribution < 1.29 is 9.53 Å². The van der Waals surface area contributed by atoms with Crippen molar-refractivity contribution in [2.24, 2.45) is 0 Å². The van der Waals surface area contributed by atoms with Gasteiger partial charge in [0.2, 0.25) is 0 Å². The highest BCUT2D eigenvalue weighted by molar-refractivity contribution is 6.88. The van der Waals surface area contributed by atoms with E-state index in [0.717, 1.165) is 23.1 Å². The summed E-state index contributed by atoms with van der Waals surface area (Å²) in [5.74, 6) is -0.221. The van der Waals surface area contributed by atoms with E-state index in [1.807, 2.05) is 43.3 Å². The predicted octanol–water partition coefficient (Wildman–Crippen LogP) is 4.25. The monoisotopic (exact) mass is 351 g/mol. The molecule has 4 heteroatoms. The van der Waals surface area contributed by atoms with Crippen molar-refractivity contribution in [3.63, 3.8) is 0 Å². The maximum atomic E-state index is 12.8. The van der Waals surface area contributed by atoms with E-state index in [4.69, 9.17) is 4.74 Å². The number of ether oxygens (including phenoxy) is 1. The Morgan fingerprint density at radius 2 is 1.72 bits per heavy atom. The number of esters is 1. The molecule has 0 amide bonds. The lowest BCUT2D eigenvalue weighted by molar-refractivity contribution is 0.0528. The fourth-order valence-electron chi connectivity index (χ4n) is 3.48. The zero-order valence-corrected chi connectivity index (χ0v) is 16.4. The molecule has 0 unspecified atom stereocenters. The number of rotatable bonds is 5. The number of fused-ring (bicyclic) bond motifs is 1. The highest BCUT2D eigenvalue weighted by atomic mass is 28.3. The third-order valence-electron chi connectivity index (χ3n) is 4.36. The molecule has 0 spiro atoms. The van der Waals surface area contributed by atoms with Crippen molar-refractivity contribution in [3.8, 4) is 0 Å². The van der Waals surface area contributed by atoms with E-state index >= 15 is 0 Å². The molecular formula is C21H25NO2Si. The van der Waals surface area contributed by atoms with E-state index in [-0.39, 0.29) is 5.97 Å². The van der Waals surface area contributed by atoms with E-state index in [9.17, 15) is 4.79 Å². The summed E-state index contributed by atoms with van der Waals surface area (Å²) >= 11 is 0. The van der Waals surface area contributed by atoms with Crippen LogP contribution in [0.3, 0.4) is 0 Å². The Hall–Kier alpha value is -2.33. The summed E-state index contributed by atoms with van der Waals surface area (Å²) in [6.07, 6.45) is 2.82. The van der Waals surface area contributed by atoms with Crippen molar-refractivity contribution in [2.45, 2.75) is 33.0 Å². The average Bonchev–Trinajstić information content (AvgIpc) is 2.89. The minimum Gasteiger partial charge on any atom is -0.462 e. The van der Waals surface area contributed by atoms with Gasteiger partial charge in [-0.25, -0.2) is 4.79 Å². The number of carbonyl (C=O) groups is 1. The van der Waals surface area contributed by atoms with E-state index in [1.165, 1.54) is 10.9 Å². The zero-order chi connectivity index (χ0) is 18.0. The van der Waals surface area contributed by atoms with Crippen molar-refractivity contribution >= 4 is 24.9 Å². The molecule has 3 nitrogen and oxygen atoms in total. The number of pyridine rings is 1. The molecular weight excluding hydrogens is 326 g/mol. The van der Waals surface area contributed by atoms with Crippen LogP contribution in [-0.4, -0.2) is 25.1 Å². The SMILES string of the molecule is CCOC(=O)c1c(Cc2ccccc2)c([Si](C)(C)C)n2ccccc12. The third-order valence-corrected chi connectivity index (χ3v) is 6.32. The van der Waals surface area contributed by atoms with Crippen LogP contribution < -0.4 is 5.32 Å². The predicted molar refractivity (Wildman–Crippen MR) is 106 cm³/mol. The Labute approximate surface area is 150 Å². The van der Waals surface area contributed by atoms with Gasteiger partial charge in [0, 0.05) is 11.5 Å². The number of carbonyl (C=O) groups excluding carboxylic acids is 1. The highest BCUT2D eigenvalue weighted by Crippen LogP contribution is 2.24. The van der Waals surface area contributed by atoms with Crippen LogP contribution in [0.25, 0.3) is 5.52 Å². The Kier molecular flexibility index (Phi) is 4.82. The van der Waals surface area contributed by atoms with Gasteiger partial charge >= 0.3 is 5.97 Å². The third kappa shape index (κ3) is 3.40. The van der Waals surface area contributed by atoms with Gasteiger partial charge in [0.1, 0.15) is 0 Å². The molecule has 0 saturated heterocycles. The van der Waals surface area contributed by atoms with E-state index in [2.05, 4.69) is 42.4 Å². The van der Waals surface area contributed by atoms with Crippen LogP contribution in [0.5, 0.6) is 0 Å². The molecule has 130 valence electrons. The maximum Gasteiger partial charge on any atom is 0.340 e. The normalized spacial score (nSPS) is 11.7. The minimum absolute atomic E-state index is 0.221. The molecule has 0 fully saturated rings. The van der Waals surface area contributed by atoms with Crippen molar-refractivity contribution in [2.75, 3.05) is 6.61 Å². The van der Waals surface area contributed by atoms with Gasteiger partial charge in [-0.3, -0.25) is 0 Å². The second kappa shape index (κ2) is 6.88. The van der Waals surface area contributed by atoms with Crippen molar-refractivity contribution in [1.82, 2.24) is 4.40 Å². The number of benzene rings is 1. The Balaban J connectivity index is 2.30. The standard InChI is InChI=1S/C21H25NO2Si/c1-5-24-21(23)19-17(15-16-11-7-6-8-12-16)20(25(2,3)4)22-14-10-9-13-18(19)22/h6-14H,5,15H2,1-4H3. The van der Waals surface area contributed by atoms with Crippen molar-refractivity contribution in [1.29, 1.82) is 0 Å². The van der Waals surface area contributed by atoms with Gasteiger partial charge in [-0.1, -0.05) is 56.0 Å². The molecule has 0 N–H and O–H groups in total. The van der Waals surface area contributed by atoms with Crippen LogP contribution in [0.15, 0.2) is 54.7 Å². The Morgan fingerprint density at radius 1 is 1.04 bits per heavy atom. The first kappa shape index (κ1) is 17.5. The molecule has 0 aliphatic heterocycles. The number of nitrogens with zero attached hydrogens (tertiary/aromatic N) is 1. The first-order valence-electron chi connectivity index (χ1n) is 8.77. The van der Waals surface area contributed by atoms with Crippen LogP contribution >= 0.6 is 0 Å². The van der Waals surface area contributed by atoms with Crippen LogP contribution in [0, 0.1) is 0 Å². The van der Waals surface area contributed by atoms with Gasteiger partial charge in [-0.15, -0.1) is 0 Å². The molecule has 0 radical (unpaired) electrons. The summed E-state index contributed by atoms with van der Waals surface area (Å²) in [6.45, 7) is 9.21. The lowest BCUT2D eigenvalue weighted by Gasteiger charge is -2.19. The summed E-state index contributed by atoms with van der Waals surface area (Å²) < 4.78 is 7.61. The van der Waals surface area contributed by atoms with Gasteiger partial charge in [0.15, 0.2) is 0 Å². The van der Waals surface area contributed by atoms with Crippen LogP contribution in [0.2, 0.25) is 19.6 Å². The Bertz CT molecular complexity index is 891. The van der Waals surface area contributed by atoms with Gasteiger partial charge in [0.25, 0.3) is 0 Å². The molecule has 2 heterocycles. The second-order valence-corrected chi connectivity index (χ2v) is 12.3. The summed E-state index contributed by atoms with van der Waals surface area (Å²) in [5, 5.41) is 1.30. The lowest BCUT2D eigenvalue weighted by Crippen LogP contribution is -2.43. The fourth-order valence-corrected chi connectivity index (χ4v) is 5.51. The van der Waals surface area contributed by atoms with Gasteiger partial charge in [0.05, 0.1) is 25.8 Å². The molecule has 2 aromatic heterocycles. The summed E-state index contributed by atoms with van der Waals surface area (Å²) in [5.41, 5.74) is 4.01. The highest BCUT2D eigenvalue weighted by Gasteiger charge is 2.31. The summed E-state index contributed by atoms with van der Waals surface area (Å²) in [4.78, 5) is 12.8. The molecule has 0 atom stereocenters. The lowest BCUT2D eigenvalue weighted by atomic mass is 10.0. The fraction of sp³-hybridized carbons (Fsp3) is 0.286. The van der Waals surface area contributed by atoms with Crippen molar-refractivity contribution in [3.05, 3.63) is 71.4 Å². The average molecular weight is 352 g/mol. The quantitative estimate of drug-likeness (QED) is 0.508. The summed E-state index contributed by atoms with van der Waals surface area (Å²) in [6, 6.07) is 16.4. The first-order chi connectivity index (χ1) is 11.9. The topological polar surface area (TPSA) is 30.7 Å². The van der Waals surface area contributed by atoms with Crippen LogP contribution in [0.1, 0.15) is 28.4 Å². The molecule has 1 aromatic carbocycles. The van der Waals surface area contributed by atoms with Gasteiger partial charge < -0.3 is 9.14 Å². The molecule has 25 heavy (non-hydrogen) atoms. The molecule has 0 saturated carbocycles. The van der Waals surface area contributed by atoms with Gasteiger partial charge in [-0.2, -0.15) is 0 Å². The van der Waals surface area contributed by atoms with Gasteiger partial charge in [-0.05, 0) is 36.6 Å². The molecule has 0 aliphatic carbocycles. The smallest absolute Gasteiger partial charge is 0.340 e. The Morgan fingerprint density at radius 3 is 2.36 bits per heavy atom. The second-order valence-electron chi connectivity index (χ2n) is 7.29. The molecule has 3 rings (SSSR count). The van der Waals surface area contributed by atoms with Crippen LogP contribution in [0.4, 0.5) is 0 Å². The summed E-state index contributed by atoms with van der Waals surface area (Å²) in [7, 11) is -1.69. The maximum absolute atomic E-state index is 12.8. The first-order valence-corrected chi connectivity index (χ1v) is 12.3. The molecule has 0 bridgehead atoms. The zero-order valence-electron chi connectivity index (χ0n) is 15.4. The van der Waals surface area contributed by atoms with E-state index in [0.29, 0.717) is 6.61 Å². The van der Waals surface area contributed by atoms with E-state index < -0.39 is 8.07 Å². The molecule has 3 aromatic rings. The van der Waals surface area contributed by atoms with Crippen LogP contribution in [-0.2, 0) is 11.2 Å². The van der Waals surface area contributed by atoms with E-state index in [1.54, 1.807) is 0 Å². The molecule has 0 aliphatic rings. The number of aromatic nitrogens is 1. The number of hydrogen-bond acceptors (Lipinski definition) is 2. The number of hydrogen-bond donors (Lipinski definition) is 0. The largest absolute Gasteiger partial charge is 0.462 e.